The lowest BCUT2D eigenvalue weighted by Gasteiger charge is -2.37. The van der Waals surface area contributed by atoms with E-state index in [1.54, 1.807) is 33.9 Å². The number of aliphatic hydroxyl groups is 1. The average molecular weight is 504 g/mol. The monoisotopic (exact) mass is 503 g/mol. The van der Waals surface area contributed by atoms with Crippen molar-refractivity contribution >= 4 is 17.7 Å². The number of amides is 3. The minimum Gasteiger partial charge on any atom is -0.396 e. The molecule has 3 heterocycles. The van der Waals surface area contributed by atoms with Gasteiger partial charge in [0.15, 0.2) is 0 Å². The van der Waals surface area contributed by atoms with Crippen LogP contribution in [0, 0.1) is 11.8 Å². The van der Waals surface area contributed by atoms with Gasteiger partial charge >= 0.3 is 0 Å². The Morgan fingerprint density at radius 2 is 1.83 bits per heavy atom. The molecule has 3 rings (SSSR count). The summed E-state index contributed by atoms with van der Waals surface area (Å²) in [5, 5.41) is 9.20. The van der Waals surface area contributed by atoms with Gasteiger partial charge in [-0.05, 0) is 45.4 Å². The van der Waals surface area contributed by atoms with E-state index in [1.807, 2.05) is 6.92 Å². The number of ether oxygens (including phenoxy) is 1. The number of nitrogens with zero attached hydrogens (tertiary/aromatic N) is 3. The van der Waals surface area contributed by atoms with Gasteiger partial charge in [-0.25, -0.2) is 0 Å². The predicted octanol–water partition coefficient (Wildman–Crippen LogP) is 2.76. The topological polar surface area (TPSA) is 90.4 Å². The molecule has 202 valence electrons. The molecule has 3 saturated heterocycles. The quantitative estimate of drug-likeness (QED) is 0.274. The maximum Gasteiger partial charge on any atom is 0.248 e. The van der Waals surface area contributed by atoms with Gasteiger partial charge in [0.2, 0.25) is 17.7 Å². The molecule has 3 aliphatic heterocycles. The zero-order valence-corrected chi connectivity index (χ0v) is 22.4. The van der Waals surface area contributed by atoms with Crippen LogP contribution in [-0.4, -0.2) is 94.6 Å². The van der Waals surface area contributed by atoms with Crippen molar-refractivity contribution in [2.24, 2.45) is 11.8 Å². The lowest BCUT2D eigenvalue weighted by atomic mass is 9.66. The standard InChI is InChI=1S/C28H45N3O5/c1-6-9-11-18-30(17-8-3)26(35)23-28-15-14-27(4,36-28)21(24(33)29(5)16-7-2)22(28)25(34)31(23)19-12-10-13-20-32/h7-8,21-23,32H,2-3,6,9-20H2,1,4-5H3/t21-,22-,23?,27+,28?/m0/s1. The molecule has 3 fully saturated rings. The van der Waals surface area contributed by atoms with Crippen LogP contribution < -0.4 is 0 Å². The van der Waals surface area contributed by atoms with Gasteiger partial charge in [0, 0.05) is 39.8 Å². The van der Waals surface area contributed by atoms with Crippen molar-refractivity contribution in [3.8, 4) is 0 Å². The minimum absolute atomic E-state index is 0.0983. The van der Waals surface area contributed by atoms with Crippen LogP contribution in [-0.2, 0) is 19.1 Å². The van der Waals surface area contributed by atoms with Crippen molar-refractivity contribution in [2.75, 3.05) is 39.8 Å². The molecule has 36 heavy (non-hydrogen) atoms. The number of likely N-dealkylation sites (tertiary alicyclic amines) is 1. The second kappa shape index (κ2) is 11.9. The third-order valence-corrected chi connectivity index (χ3v) is 8.31. The van der Waals surface area contributed by atoms with E-state index in [2.05, 4.69) is 20.1 Å². The Balaban J connectivity index is 1.99. The molecule has 0 aromatic rings. The summed E-state index contributed by atoms with van der Waals surface area (Å²) in [6.45, 7) is 13.5. The van der Waals surface area contributed by atoms with Crippen LogP contribution in [0.25, 0.3) is 0 Å². The first-order valence-electron chi connectivity index (χ1n) is 13.6. The molecule has 0 radical (unpaired) electrons. The van der Waals surface area contributed by atoms with Gasteiger partial charge in [-0.15, -0.1) is 13.2 Å². The van der Waals surface area contributed by atoms with Gasteiger partial charge in [-0.1, -0.05) is 31.9 Å². The number of rotatable bonds is 15. The van der Waals surface area contributed by atoms with Gasteiger partial charge in [-0.2, -0.15) is 0 Å². The van der Waals surface area contributed by atoms with Crippen LogP contribution >= 0.6 is 0 Å². The number of fused-ring (bicyclic) bond motifs is 1. The predicted molar refractivity (Wildman–Crippen MR) is 139 cm³/mol. The van der Waals surface area contributed by atoms with E-state index in [0.29, 0.717) is 51.9 Å². The third kappa shape index (κ3) is 4.99. The Morgan fingerprint density at radius 3 is 2.47 bits per heavy atom. The number of hydrogen-bond donors (Lipinski definition) is 1. The van der Waals surface area contributed by atoms with E-state index in [9.17, 15) is 19.5 Å². The molecule has 2 unspecified atom stereocenters. The maximum atomic E-state index is 14.2. The summed E-state index contributed by atoms with van der Waals surface area (Å²) in [7, 11) is 1.72. The van der Waals surface area contributed by atoms with Crippen molar-refractivity contribution in [3.63, 3.8) is 0 Å². The van der Waals surface area contributed by atoms with Crippen LogP contribution in [0.5, 0.6) is 0 Å². The van der Waals surface area contributed by atoms with Gasteiger partial charge in [0.05, 0.1) is 17.4 Å². The van der Waals surface area contributed by atoms with E-state index < -0.39 is 29.1 Å². The summed E-state index contributed by atoms with van der Waals surface area (Å²) in [6.07, 6.45) is 9.65. The van der Waals surface area contributed by atoms with E-state index in [-0.39, 0.29) is 24.3 Å². The molecule has 1 spiro atoms. The minimum atomic E-state index is -1.00. The molecule has 0 saturated carbocycles. The number of carbonyl (C=O) groups is 3. The van der Waals surface area contributed by atoms with Crippen LogP contribution in [0.15, 0.2) is 25.3 Å². The summed E-state index contributed by atoms with van der Waals surface area (Å²) in [5.74, 6) is -1.70. The highest BCUT2D eigenvalue weighted by Gasteiger charge is 2.78. The van der Waals surface area contributed by atoms with Crippen LogP contribution in [0.4, 0.5) is 0 Å². The Morgan fingerprint density at radius 1 is 1.11 bits per heavy atom. The molecule has 8 nitrogen and oxygen atoms in total. The van der Waals surface area contributed by atoms with Crippen molar-refractivity contribution in [3.05, 3.63) is 25.3 Å². The smallest absolute Gasteiger partial charge is 0.248 e. The van der Waals surface area contributed by atoms with Crippen molar-refractivity contribution in [1.29, 1.82) is 0 Å². The number of hydrogen-bond acceptors (Lipinski definition) is 5. The van der Waals surface area contributed by atoms with Crippen LogP contribution in [0.2, 0.25) is 0 Å². The lowest BCUT2D eigenvalue weighted by Crippen LogP contribution is -2.56. The van der Waals surface area contributed by atoms with Crippen molar-refractivity contribution in [2.45, 2.75) is 82.5 Å². The molecule has 1 N–H and O–H groups in total. The highest BCUT2D eigenvalue weighted by atomic mass is 16.5. The van der Waals surface area contributed by atoms with Crippen LogP contribution in [0.3, 0.4) is 0 Å². The maximum absolute atomic E-state index is 14.2. The molecule has 0 aromatic carbocycles. The Kier molecular flexibility index (Phi) is 9.39. The Bertz CT molecular complexity index is 847. The first kappa shape index (κ1) is 28.4. The number of unbranched alkanes of at least 4 members (excludes halogenated alkanes) is 4. The molecule has 8 heteroatoms. The van der Waals surface area contributed by atoms with E-state index in [0.717, 1.165) is 25.7 Å². The fraction of sp³-hybridized carbons (Fsp3) is 0.750. The molecule has 0 aromatic heterocycles. The average Bonchev–Trinajstić information content (AvgIpc) is 3.41. The fourth-order valence-corrected chi connectivity index (χ4v) is 6.59. The third-order valence-electron chi connectivity index (χ3n) is 8.31. The largest absolute Gasteiger partial charge is 0.396 e. The molecular weight excluding hydrogens is 458 g/mol. The first-order valence-corrected chi connectivity index (χ1v) is 13.6. The summed E-state index contributed by atoms with van der Waals surface area (Å²) in [6, 6.07) is -0.755. The molecular formula is C28H45N3O5. The van der Waals surface area contributed by atoms with Gasteiger partial charge in [0.1, 0.15) is 11.6 Å². The van der Waals surface area contributed by atoms with Crippen molar-refractivity contribution in [1.82, 2.24) is 14.7 Å². The summed E-state index contributed by atoms with van der Waals surface area (Å²) in [4.78, 5) is 46.9. The van der Waals surface area contributed by atoms with Gasteiger partial charge in [-0.3, -0.25) is 14.4 Å². The van der Waals surface area contributed by atoms with Crippen LogP contribution in [0.1, 0.15) is 65.2 Å². The Labute approximate surface area is 216 Å². The second-order valence-corrected chi connectivity index (χ2v) is 10.8. The molecule has 5 atom stereocenters. The Hall–Kier alpha value is -2.19. The normalized spacial score (nSPS) is 30.4. The fourth-order valence-electron chi connectivity index (χ4n) is 6.59. The highest BCUT2D eigenvalue weighted by Crippen LogP contribution is 2.63. The summed E-state index contributed by atoms with van der Waals surface area (Å²) < 4.78 is 6.70. The molecule has 0 aliphatic carbocycles. The number of aliphatic hydroxyl groups excluding tert-OH is 1. The first-order chi connectivity index (χ1) is 17.2. The highest BCUT2D eigenvalue weighted by molar-refractivity contribution is 5.99. The van der Waals surface area contributed by atoms with E-state index >= 15 is 0 Å². The van der Waals surface area contributed by atoms with Gasteiger partial charge < -0.3 is 24.5 Å². The summed E-state index contributed by atoms with van der Waals surface area (Å²) in [5.41, 5.74) is -1.78. The zero-order valence-electron chi connectivity index (χ0n) is 22.4. The SMILES string of the molecule is C=CCN(C)C(=O)[C@@H]1[C@H]2C(=O)N(CCCCCO)C(C(=O)N(CC=C)CCCCC)C23CC[C@@]1(C)O3. The molecule has 3 amide bonds. The molecule has 3 aliphatic rings. The number of carbonyl (C=O) groups excluding carboxylic acids is 3. The summed E-state index contributed by atoms with van der Waals surface area (Å²) >= 11 is 0. The second-order valence-electron chi connectivity index (χ2n) is 10.8. The zero-order chi connectivity index (χ0) is 26.5. The van der Waals surface area contributed by atoms with E-state index in [4.69, 9.17) is 4.74 Å². The number of likely N-dealkylation sites (N-methyl/N-ethyl adjacent to an activating group) is 1. The molecule has 2 bridgehead atoms. The lowest BCUT2D eigenvalue weighted by molar-refractivity contribution is -0.153. The van der Waals surface area contributed by atoms with Gasteiger partial charge in [0.25, 0.3) is 0 Å². The van der Waals surface area contributed by atoms with Crippen molar-refractivity contribution < 1.29 is 24.2 Å². The van der Waals surface area contributed by atoms with E-state index in [1.165, 1.54) is 0 Å².